The fourth-order valence-corrected chi connectivity index (χ4v) is 7.92. The molecule has 0 atom stereocenters. The highest BCUT2D eigenvalue weighted by molar-refractivity contribution is 7.96. The predicted molar refractivity (Wildman–Crippen MR) is 205 cm³/mol. The monoisotopic (exact) mass is 1130 g/mol. The Labute approximate surface area is 396 Å². The van der Waals surface area contributed by atoms with Crippen LogP contribution in [0, 0.1) is 29.1 Å². The number of hydrogen-bond acceptors (Lipinski definition) is 1. The lowest BCUT2D eigenvalue weighted by Gasteiger charge is -2.46. The van der Waals surface area contributed by atoms with Crippen molar-refractivity contribution in [3.05, 3.63) is 152 Å². The van der Waals surface area contributed by atoms with E-state index in [1.807, 2.05) is 0 Å². The van der Waals surface area contributed by atoms with Crippen LogP contribution in [0.5, 0.6) is 0 Å². The zero-order chi connectivity index (χ0) is 57.2. The molecule has 0 aromatic heterocycles. The lowest BCUT2D eigenvalue weighted by Crippen LogP contribution is -2.75. The third-order valence-corrected chi connectivity index (χ3v) is 11.2. The van der Waals surface area contributed by atoms with Gasteiger partial charge in [0.25, 0.3) is 0 Å². The van der Waals surface area contributed by atoms with Crippen LogP contribution >= 0.6 is 0 Å². The van der Waals surface area contributed by atoms with Gasteiger partial charge >= 0.3 is 49.4 Å². The number of rotatable bonds is 7. The van der Waals surface area contributed by atoms with Crippen LogP contribution in [-0.4, -0.2) is 30.2 Å². The van der Waals surface area contributed by atoms with Crippen molar-refractivity contribution in [1.82, 2.24) is 0 Å². The summed E-state index contributed by atoms with van der Waals surface area (Å²) in [5.74, 6) is -12.0. The molecule has 74 heavy (non-hydrogen) atoms. The number of hydrogen-bond donors (Lipinski definition) is 0. The Morgan fingerprint density at radius 1 is 0.324 bits per heavy atom. The third kappa shape index (κ3) is 13.1. The van der Waals surface area contributed by atoms with Gasteiger partial charge in [-0.1, -0.05) is 48.5 Å². The third-order valence-electron chi connectivity index (χ3n) is 10.3. The number of alkyl halides is 24. The van der Waals surface area contributed by atoms with E-state index in [4.69, 9.17) is 0 Å². The number of benzene rings is 5. The second-order valence-electron chi connectivity index (χ2n) is 15.7. The van der Waals surface area contributed by atoms with Gasteiger partial charge in [0, 0.05) is 0 Å². The van der Waals surface area contributed by atoms with Crippen molar-refractivity contribution in [2.24, 2.45) is 0 Å². The zero-order valence-corrected chi connectivity index (χ0v) is 36.3. The first kappa shape index (κ1) is 60.7. The molecule has 0 radical (unpaired) electrons. The molecule has 0 aliphatic carbocycles. The molecule has 5 rings (SSSR count). The molecule has 1 nitrogen and oxygen atoms in total. The smallest absolute Gasteiger partial charge is 0.289 e. The molecule has 0 fully saturated rings. The maximum Gasteiger partial charge on any atom is 0.416 e. The summed E-state index contributed by atoms with van der Waals surface area (Å²) in [6.45, 7) is 0. The molecule has 0 bridgehead atoms. The SMILES string of the molecule is C[S+](C)CC(=O)c1c(F)c(F)c(F)c(F)c1F.FC(F)(F)c1cc([B-](c2cc(C(F)(F)F)cc(C(F)(F)F)c2)(c2cc(C(F)(F)F)cc(C(F)(F)F)c2)c2cc(C(F)(F)F)cc(C(F)(F)F)c2)cc(C(F)(F)F)c1. The Bertz CT molecular complexity index is 2450. The van der Waals surface area contributed by atoms with Crippen LogP contribution in [0.1, 0.15) is 54.9 Å². The summed E-state index contributed by atoms with van der Waals surface area (Å²) in [4.78, 5) is 11.4. The van der Waals surface area contributed by atoms with Crippen molar-refractivity contribution in [1.29, 1.82) is 0 Å². The van der Waals surface area contributed by atoms with Gasteiger partial charge in [0.1, 0.15) is 11.7 Å². The molecule has 0 aliphatic heterocycles. The molecule has 0 saturated carbocycles. The lowest BCUT2D eigenvalue weighted by molar-refractivity contribution is -0.144. The van der Waals surface area contributed by atoms with Gasteiger partial charge in [-0.2, -0.15) is 127 Å². The summed E-state index contributed by atoms with van der Waals surface area (Å²) in [7, 11) is -0.503. The fourth-order valence-electron chi connectivity index (χ4n) is 7.25. The van der Waals surface area contributed by atoms with Crippen molar-refractivity contribution in [3.63, 3.8) is 0 Å². The van der Waals surface area contributed by atoms with E-state index in [1.165, 1.54) is 0 Å². The molecule has 5 aromatic carbocycles. The van der Waals surface area contributed by atoms with Gasteiger partial charge in [0.2, 0.25) is 11.6 Å². The molecule has 406 valence electrons. The Balaban J connectivity index is 0.000000589. The van der Waals surface area contributed by atoms with Gasteiger partial charge in [0.15, 0.2) is 29.0 Å². The van der Waals surface area contributed by atoms with Crippen molar-refractivity contribution >= 4 is 44.7 Å². The Kier molecular flexibility index (Phi) is 16.4. The van der Waals surface area contributed by atoms with Crippen molar-refractivity contribution in [2.75, 3.05) is 18.3 Å². The van der Waals surface area contributed by atoms with Crippen LogP contribution in [-0.2, 0) is 60.3 Å². The summed E-state index contributed by atoms with van der Waals surface area (Å²) in [6.07, 6.45) is -51.6. The van der Waals surface area contributed by atoms with E-state index in [2.05, 4.69) is 0 Å². The summed E-state index contributed by atoms with van der Waals surface area (Å²) in [5, 5.41) is 0. The van der Waals surface area contributed by atoms with E-state index in [1.54, 1.807) is 12.5 Å². The van der Waals surface area contributed by atoms with Crippen molar-refractivity contribution in [2.45, 2.75) is 49.4 Å². The van der Waals surface area contributed by atoms with Gasteiger partial charge in [-0.25, -0.2) is 22.0 Å². The maximum atomic E-state index is 14.2. The van der Waals surface area contributed by atoms with Crippen LogP contribution < -0.4 is 21.9 Å². The van der Waals surface area contributed by atoms with Crippen LogP contribution in [0.3, 0.4) is 0 Å². The molecule has 32 heteroatoms. The molecule has 0 amide bonds. The summed E-state index contributed by atoms with van der Waals surface area (Å²) in [5.41, 5.74) is -31.6. The minimum Gasteiger partial charge on any atom is -0.289 e. The summed E-state index contributed by atoms with van der Waals surface area (Å²) >= 11 is 0. The zero-order valence-electron chi connectivity index (χ0n) is 35.5. The highest BCUT2D eigenvalue weighted by Crippen LogP contribution is 2.41. The van der Waals surface area contributed by atoms with E-state index in [9.17, 15) is 132 Å². The number of halogens is 29. The maximum absolute atomic E-state index is 14.2. The molecular formula is C42H20BF29OS. The number of carbonyl (C=O) groups is 1. The van der Waals surface area contributed by atoms with Gasteiger partial charge in [0.05, 0.1) is 57.0 Å². The van der Waals surface area contributed by atoms with E-state index in [-0.39, 0.29) is 5.75 Å². The van der Waals surface area contributed by atoms with Gasteiger partial charge in [-0.15, -0.1) is 0 Å². The Morgan fingerprint density at radius 3 is 0.635 bits per heavy atom. The molecule has 5 aromatic rings. The molecule has 0 unspecified atom stereocenters. The van der Waals surface area contributed by atoms with E-state index >= 15 is 0 Å². The summed E-state index contributed by atoms with van der Waals surface area (Å²) < 4.78 is 405. The van der Waals surface area contributed by atoms with E-state index < -0.39 is 246 Å². The predicted octanol–water partition coefficient (Wildman–Crippen LogP) is 13.7. The Morgan fingerprint density at radius 2 is 0.486 bits per heavy atom. The van der Waals surface area contributed by atoms with Crippen LogP contribution in [0.2, 0.25) is 0 Å². The first-order valence-corrected chi connectivity index (χ1v) is 21.2. The first-order valence-electron chi connectivity index (χ1n) is 19.0. The number of carbonyl (C=O) groups excluding carboxylic acids is 1. The minimum absolute atomic E-state index is 0.266. The summed E-state index contributed by atoms with van der Waals surface area (Å²) in [6, 6.07) is -8.81. The quantitative estimate of drug-likeness (QED) is 0.0396. The molecule has 0 spiro atoms. The largest absolute Gasteiger partial charge is 0.416 e. The average Bonchev–Trinajstić information content (AvgIpc) is 3.22. The normalized spacial score (nSPS) is 13.6. The Hall–Kier alpha value is -5.85. The van der Waals surface area contributed by atoms with E-state index in [0.29, 0.717) is 0 Å². The standard InChI is InChI=1S/C32H12BF24.C10H8F5OS/c34-25(35,36)13-1-14(26(37,38)39)6-21(5-13)33(22-7-15(27(40,41)42)2-16(8-22)28(43,44)45,23-9-17(29(46,47)48)3-18(10-23)30(49,50)51)24-11-19(31(52,53)54)4-20(12-24)32(55,56)57;1-17(2)3-4(16)5-6(11)8(13)10(15)9(14)7(5)12/h1-12H;3H2,1-2H3/q-1;+1. The second-order valence-corrected chi connectivity index (χ2v) is 18.0. The lowest BCUT2D eigenvalue weighted by atomic mass is 9.12. The molecular weight excluding hydrogens is 1110 g/mol. The van der Waals surface area contributed by atoms with Gasteiger partial charge < -0.3 is 0 Å². The topological polar surface area (TPSA) is 17.1 Å². The fraction of sp³-hybridized carbons (Fsp3) is 0.262. The molecule has 0 saturated heterocycles. The highest BCUT2D eigenvalue weighted by Gasteiger charge is 2.47. The van der Waals surface area contributed by atoms with Gasteiger partial charge in [-0.3, -0.25) is 4.79 Å². The average molecular weight is 1130 g/mol. The number of Topliss-reactive ketones (excluding diaryl/α,β-unsaturated/α-hetero) is 1. The minimum atomic E-state index is -6.13. The van der Waals surface area contributed by atoms with Gasteiger partial charge in [-0.05, 0) is 35.2 Å². The van der Waals surface area contributed by atoms with Crippen LogP contribution in [0.25, 0.3) is 0 Å². The highest BCUT2D eigenvalue weighted by atomic mass is 32.2. The van der Waals surface area contributed by atoms with Crippen LogP contribution in [0.4, 0.5) is 127 Å². The van der Waals surface area contributed by atoms with Crippen molar-refractivity contribution in [3.8, 4) is 0 Å². The second kappa shape index (κ2) is 20.0. The van der Waals surface area contributed by atoms with Crippen molar-refractivity contribution < 1.29 is 132 Å². The van der Waals surface area contributed by atoms with Crippen LogP contribution in [0.15, 0.2) is 72.8 Å². The molecule has 0 heterocycles. The van der Waals surface area contributed by atoms with E-state index in [0.717, 1.165) is 0 Å². The molecule has 0 N–H and O–H groups in total. The molecule has 0 aliphatic rings. The first-order chi connectivity index (χ1) is 33.0. The number of ketones is 1.